The molecule has 1 aromatic carbocycles. The molecule has 0 spiro atoms. The number of hydrogen-bond donors (Lipinski definition) is 2. The fourth-order valence-corrected chi connectivity index (χ4v) is 1.46. The van der Waals surface area contributed by atoms with Crippen LogP contribution in [0, 0.1) is 0 Å². The minimum atomic E-state index is 0.0974. The number of nitrogens with one attached hydrogen (secondary N) is 1. The number of hydrogen-bond acceptors (Lipinski definition) is 2. The van der Waals surface area contributed by atoms with Gasteiger partial charge >= 0.3 is 0 Å². The van der Waals surface area contributed by atoms with Gasteiger partial charge in [-0.05, 0) is 17.5 Å². The van der Waals surface area contributed by atoms with Crippen molar-refractivity contribution >= 4 is 5.91 Å². The lowest BCUT2D eigenvalue weighted by Gasteiger charge is -2.07. The van der Waals surface area contributed by atoms with E-state index in [-0.39, 0.29) is 5.91 Å². The van der Waals surface area contributed by atoms with Gasteiger partial charge in [0.1, 0.15) is 0 Å². The van der Waals surface area contributed by atoms with Crippen molar-refractivity contribution < 1.29 is 4.79 Å². The number of nitrogens with two attached hydrogens (primary N) is 1. The van der Waals surface area contributed by atoms with Crippen molar-refractivity contribution in [2.75, 3.05) is 6.54 Å². The van der Waals surface area contributed by atoms with Crippen LogP contribution < -0.4 is 11.1 Å². The van der Waals surface area contributed by atoms with E-state index in [1.807, 2.05) is 25.1 Å². The Morgan fingerprint density at radius 3 is 2.60 bits per heavy atom. The van der Waals surface area contributed by atoms with Crippen molar-refractivity contribution in [1.82, 2.24) is 5.32 Å². The zero-order valence-electron chi connectivity index (χ0n) is 9.12. The summed E-state index contributed by atoms with van der Waals surface area (Å²) < 4.78 is 0. The molecule has 0 radical (unpaired) electrons. The predicted octanol–water partition coefficient (Wildman–Crippen LogP) is 1.21. The van der Waals surface area contributed by atoms with E-state index in [9.17, 15) is 4.79 Å². The molecular formula is C12H18N2O. The molecule has 0 aromatic heterocycles. The largest absolute Gasteiger partial charge is 0.356 e. The maximum absolute atomic E-state index is 11.0. The summed E-state index contributed by atoms with van der Waals surface area (Å²) in [6, 6.07) is 8.06. The van der Waals surface area contributed by atoms with E-state index in [0.29, 0.717) is 19.5 Å². The Bertz CT molecular complexity index is 323. The summed E-state index contributed by atoms with van der Waals surface area (Å²) >= 11 is 0. The maximum atomic E-state index is 11.0. The molecule has 0 bridgehead atoms. The van der Waals surface area contributed by atoms with Crippen molar-refractivity contribution in [1.29, 1.82) is 0 Å². The van der Waals surface area contributed by atoms with Crippen LogP contribution >= 0.6 is 0 Å². The van der Waals surface area contributed by atoms with Gasteiger partial charge in [-0.1, -0.05) is 31.2 Å². The summed E-state index contributed by atoms with van der Waals surface area (Å²) in [5, 5.41) is 2.85. The van der Waals surface area contributed by atoms with E-state index in [1.54, 1.807) is 0 Å². The van der Waals surface area contributed by atoms with Crippen LogP contribution in [0.1, 0.15) is 24.5 Å². The van der Waals surface area contributed by atoms with Gasteiger partial charge in [0.2, 0.25) is 5.91 Å². The van der Waals surface area contributed by atoms with E-state index >= 15 is 0 Å². The monoisotopic (exact) mass is 206 g/mol. The van der Waals surface area contributed by atoms with E-state index in [0.717, 1.165) is 12.0 Å². The lowest BCUT2D eigenvalue weighted by atomic mass is 10.0. The Hall–Kier alpha value is -1.35. The molecule has 1 rings (SSSR count). The Morgan fingerprint density at radius 1 is 1.33 bits per heavy atom. The third kappa shape index (κ3) is 3.72. The number of amides is 1. The highest BCUT2D eigenvalue weighted by molar-refractivity contribution is 5.75. The summed E-state index contributed by atoms with van der Waals surface area (Å²) in [5.74, 6) is 0.0974. The number of carbonyl (C=O) groups excluding carboxylic acids is 1. The highest BCUT2D eigenvalue weighted by Crippen LogP contribution is 2.07. The van der Waals surface area contributed by atoms with E-state index in [2.05, 4.69) is 11.4 Å². The van der Waals surface area contributed by atoms with Gasteiger partial charge < -0.3 is 11.1 Å². The number of carbonyl (C=O) groups is 1. The summed E-state index contributed by atoms with van der Waals surface area (Å²) in [4.78, 5) is 11.0. The molecule has 0 aliphatic rings. The van der Waals surface area contributed by atoms with Gasteiger partial charge in [-0.15, -0.1) is 0 Å². The zero-order chi connectivity index (χ0) is 11.1. The SMILES string of the molecule is CCC(=O)NCCc1ccccc1CN. The minimum Gasteiger partial charge on any atom is -0.356 e. The average molecular weight is 206 g/mol. The first kappa shape index (κ1) is 11.7. The lowest BCUT2D eigenvalue weighted by molar-refractivity contribution is -0.120. The standard InChI is InChI=1S/C12H18N2O/c1-2-12(15)14-8-7-10-5-3-4-6-11(10)9-13/h3-6H,2,7-9,13H2,1H3,(H,14,15). The second-order valence-electron chi connectivity index (χ2n) is 3.43. The summed E-state index contributed by atoms with van der Waals surface area (Å²) in [6.07, 6.45) is 1.39. The molecule has 1 amide bonds. The van der Waals surface area contributed by atoms with Gasteiger partial charge in [-0.25, -0.2) is 0 Å². The fourth-order valence-electron chi connectivity index (χ4n) is 1.46. The van der Waals surface area contributed by atoms with Gasteiger partial charge in [-0.2, -0.15) is 0 Å². The van der Waals surface area contributed by atoms with Crippen LogP contribution in [0.15, 0.2) is 24.3 Å². The van der Waals surface area contributed by atoms with Gasteiger partial charge in [0.05, 0.1) is 0 Å². The Balaban J connectivity index is 2.46. The molecule has 3 heteroatoms. The van der Waals surface area contributed by atoms with Crippen molar-refractivity contribution in [2.45, 2.75) is 26.3 Å². The highest BCUT2D eigenvalue weighted by Gasteiger charge is 2.00. The summed E-state index contributed by atoms with van der Waals surface area (Å²) in [6.45, 7) is 3.09. The van der Waals surface area contributed by atoms with Crippen LogP contribution in [-0.4, -0.2) is 12.5 Å². The molecular weight excluding hydrogens is 188 g/mol. The van der Waals surface area contributed by atoms with Gasteiger partial charge in [0, 0.05) is 19.5 Å². The molecule has 0 fully saturated rings. The molecule has 3 nitrogen and oxygen atoms in total. The third-order valence-corrected chi connectivity index (χ3v) is 2.38. The Kier molecular flexibility index (Phi) is 4.84. The average Bonchev–Trinajstić information content (AvgIpc) is 2.29. The second kappa shape index (κ2) is 6.19. The molecule has 15 heavy (non-hydrogen) atoms. The molecule has 0 unspecified atom stereocenters. The van der Waals surface area contributed by atoms with Gasteiger partial charge in [0.15, 0.2) is 0 Å². The van der Waals surface area contributed by atoms with Crippen LogP contribution in [0.25, 0.3) is 0 Å². The quantitative estimate of drug-likeness (QED) is 0.761. The zero-order valence-corrected chi connectivity index (χ0v) is 9.12. The summed E-state index contributed by atoms with van der Waals surface area (Å²) in [5.41, 5.74) is 8.00. The smallest absolute Gasteiger partial charge is 0.219 e. The fraction of sp³-hybridized carbons (Fsp3) is 0.417. The molecule has 0 saturated carbocycles. The van der Waals surface area contributed by atoms with Gasteiger partial charge in [-0.3, -0.25) is 4.79 Å². The first-order valence-electron chi connectivity index (χ1n) is 5.31. The maximum Gasteiger partial charge on any atom is 0.219 e. The van der Waals surface area contributed by atoms with Crippen LogP contribution in [0.2, 0.25) is 0 Å². The number of rotatable bonds is 5. The van der Waals surface area contributed by atoms with E-state index in [1.165, 1.54) is 5.56 Å². The second-order valence-corrected chi connectivity index (χ2v) is 3.43. The Morgan fingerprint density at radius 2 is 2.00 bits per heavy atom. The first-order chi connectivity index (χ1) is 7.27. The van der Waals surface area contributed by atoms with Crippen LogP contribution in [0.5, 0.6) is 0 Å². The third-order valence-electron chi connectivity index (χ3n) is 2.38. The van der Waals surface area contributed by atoms with E-state index in [4.69, 9.17) is 5.73 Å². The topological polar surface area (TPSA) is 55.1 Å². The highest BCUT2D eigenvalue weighted by atomic mass is 16.1. The molecule has 82 valence electrons. The molecule has 0 atom stereocenters. The molecule has 0 aliphatic heterocycles. The minimum absolute atomic E-state index is 0.0974. The predicted molar refractivity (Wildman–Crippen MR) is 61.3 cm³/mol. The molecule has 0 aliphatic carbocycles. The van der Waals surface area contributed by atoms with E-state index < -0.39 is 0 Å². The van der Waals surface area contributed by atoms with Crippen molar-refractivity contribution in [3.63, 3.8) is 0 Å². The molecule has 1 aromatic rings. The van der Waals surface area contributed by atoms with Crippen molar-refractivity contribution in [2.24, 2.45) is 5.73 Å². The first-order valence-corrected chi connectivity index (χ1v) is 5.31. The molecule has 0 saturated heterocycles. The van der Waals surface area contributed by atoms with Crippen LogP contribution in [-0.2, 0) is 17.8 Å². The summed E-state index contributed by atoms with van der Waals surface area (Å²) in [7, 11) is 0. The van der Waals surface area contributed by atoms with Crippen LogP contribution in [0.4, 0.5) is 0 Å². The van der Waals surface area contributed by atoms with Crippen molar-refractivity contribution in [3.8, 4) is 0 Å². The Labute approximate surface area is 90.7 Å². The normalized spacial score (nSPS) is 10.0. The number of benzene rings is 1. The van der Waals surface area contributed by atoms with Crippen molar-refractivity contribution in [3.05, 3.63) is 35.4 Å². The van der Waals surface area contributed by atoms with Gasteiger partial charge in [0.25, 0.3) is 0 Å². The molecule has 3 N–H and O–H groups in total. The lowest BCUT2D eigenvalue weighted by Crippen LogP contribution is -2.24. The van der Waals surface area contributed by atoms with Crippen LogP contribution in [0.3, 0.4) is 0 Å². The molecule has 0 heterocycles.